The summed E-state index contributed by atoms with van der Waals surface area (Å²) in [5, 5.41) is 11.1. The number of carbonyl (C=O) groups is 2. The van der Waals surface area contributed by atoms with Gasteiger partial charge in [-0.25, -0.2) is 0 Å². The minimum atomic E-state index is -0.372. The van der Waals surface area contributed by atoms with Crippen molar-refractivity contribution in [2.75, 3.05) is 32.7 Å². The first-order valence-corrected chi connectivity index (χ1v) is 9.74. The van der Waals surface area contributed by atoms with Crippen LogP contribution >= 0.6 is 0 Å². The number of terminal acetylenes is 1. The quantitative estimate of drug-likeness (QED) is 0.632. The van der Waals surface area contributed by atoms with Crippen LogP contribution in [0.4, 0.5) is 0 Å². The molecule has 2 saturated heterocycles. The summed E-state index contributed by atoms with van der Waals surface area (Å²) in [6, 6.07) is 0.444. The van der Waals surface area contributed by atoms with Gasteiger partial charge in [-0.2, -0.15) is 10.2 Å². The molecule has 0 radical (unpaired) electrons. The highest BCUT2D eigenvalue weighted by atomic mass is 16.2. The lowest BCUT2D eigenvalue weighted by Crippen LogP contribution is -2.41. The number of hydrogen-bond acceptors (Lipinski definition) is 5. The van der Waals surface area contributed by atoms with Crippen LogP contribution in [0, 0.1) is 18.3 Å². The maximum absolute atomic E-state index is 12.4. The van der Waals surface area contributed by atoms with E-state index in [1.54, 1.807) is 0 Å². The number of nitrogens with zero attached hydrogens (tertiary/aromatic N) is 4. The van der Waals surface area contributed by atoms with Gasteiger partial charge in [0.2, 0.25) is 11.8 Å². The van der Waals surface area contributed by atoms with Gasteiger partial charge in [0.25, 0.3) is 0 Å². The van der Waals surface area contributed by atoms with Crippen molar-refractivity contribution in [2.24, 2.45) is 16.1 Å². The Kier molecular flexibility index (Phi) is 5.92. The van der Waals surface area contributed by atoms with Crippen LogP contribution in [0.5, 0.6) is 0 Å². The summed E-state index contributed by atoms with van der Waals surface area (Å²) in [6.07, 6.45) is 10.0. The first kappa shape index (κ1) is 18.8. The van der Waals surface area contributed by atoms with Crippen LogP contribution in [-0.2, 0) is 9.59 Å². The average Bonchev–Trinajstić information content (AvgIpc) is 3.08. The zero-order valence-electron chi connectivity index (χ0n) is 15.6. The highest BCUT2D eigenvalue weighted by Crippen LogP contribution is 2.36. The third-order valence-corrected chi connectivity index (χ3v) is 5.80. The summed E-state index contributed by atoms with van der Waals surface area (Å²) in [5.74, 6) is 2.43. The lowest BCUT2D eigenvalue weighted by molar-refractivity contribution is -0.129. The first-order valence-electron chi connectivity index (χ1n) is 9.74. The maximum Gasteiger partial charge on any atom is 0.225 e. The van der Waals surface area contributed by atoms with E-state index in [0.717, 1.165) is 32.5 Å². The van der Waals surface area contributed by atoms with Gasteiger partial charge >= 0.3 is 0 Å². The fraction of sp³-hybridized carbons (Fsp3) is 0.789. The van der Waals surface area contributed by atoms with E-state index >= 15 is 0 Å². The van der Waals surface area contributed by atoms with Crippen molar-refractivity contribution in [3.8, 4) is 12.3 Å². The molecule has 2 amide bonds. The molecule has 0 saturated carbocycles. The van der Waals surface area contributed by atoms with E-state index in [-0.39, 0.29) is 23.4 Å². The summed E-state index contributed by atoms with van der Waals surface area (Å²) in [4.78, 5) is 29.0. The van der Waals surface area contributed by atoms with E-state index in [0.29, 0.717) is 38.4 Å². The minimum Gasteiger partial charge on any atom is -0.356 e. The van der Waals surface area contributed by atoms with Crippen LogP contribution in [0.2, 0.25) is 0 Å². The SMILES string of the molecule is C#CCCC1(CCNC(=O)C2CC(=O)N(CC3CCCN3CC)C2)N=N1. The fourth-order valence-electron chi connectivity index (χ4n) is 4.10. The van der Waals surface area contributed by atoms with E-state index in [2.05, 4.69) is 33.3 Å². The van der Waals surface area contributed by atoms with Crippen LogP contribution in [0.1, 0.15) is 45.4 Å². The average molecular weight is 359 g/mol. The molecule has 0 bridgehead atoms. The predicted molar refractivity (Wildman–Crippen MR) is 98.2 cm³/mol. The number of carbonyl (C=O) groups excluding carboxylic acids is 2. The third kappa shape index (κ3) is 4.42. The van der Waals surface area contributed by atoms with E-state index < -0.39 is 0 Å². The number of rotatable bonds is 9. The van der Waals surface area contributed by atoms with E-state index in [1.165, 1.54) is 6.42 Å². The summed E-state index contributed by atoms with van der Waals surface area (Å²) < 4.78 is 0. The largest absolute Gasteiger partial charge is 0.356 e. The van der Waals surface area contributed by atoms with Gasteiger partial charge in [-0.3, -0.25) is 14.5 Å². The molecule has 1 N–H and O–H groups in total. The van der Waals surface area contributed by atoms with Gasteiger partial charge in [0.1, 0.15) is 0 Å². The topological polar surface area (TPSA) is 77.4 Å². The Hall–Kier alpha value is -1.94. The number of hydrogen-bond donors (Lipinski definition) is 1. The number of nitrogens with one attached hydrogen (secondary N) is 1. The Bertz CT molecular complexity index is 606. The Labute approximate surface area is 155 Å². The molecule has 2 unspecified atom stereocenters. The molecular weight excluding hydrogens is 330 g/mol. The van der Waals surface area contributed by atoms with Crippen molar-refractivity contribution >= 4 is 11.8 Å². The van der Waals surface area contributed by atoms with Crippen molar-refractivity contribution in [3.63, 3.8) is 0 Å². The molecule has 0 aromatic carbocycles. The summed E-state index contributed by atoms with van der Waals surface area (Å²) >= 11 is 0. The van der Waals surface area contributed by atoms with Crippen molar-refractivity contribution in [3.05, 3.63) is 0 Å². The second-order valence-electron chi connectivity index (χ2n) is 7.55. The molecule has 3 aliphatic heterocycles. The molecule has 0 aromatic rings. The van der Waals surface area contributed by atoms with Crippen molar-refractivity contribution in [1.82, 2.24) is 15.1 Å². The molecule has 2 fully saturated rings. The van der Waals surface area contributed by atoms with Gasteiger partial charge in [-0.1, -0.05) is 6.92 Å². The molecule has 0 spiro atoms. The Morgan fingerprint density at radius 1 is 1.42 bits per heavy atom. The van der Waals surface area contributed by atoms with Gasteiger partial charge < -0.3 is 10.2 Å². The summed E-state index contributed by atoms with van der Waals surface area (Å²) in [6.45, 7) is 6.11. The normalized spacial score (nSPS) is 26.9. The summed E-state index contributed by atoms with van der Waals surface area (Å²) in [7, 11) is 0. The van der Waals surface area contributed by atoms with Gasteiger partial charge in [0.05, 0.1) is 5.92 Å². The second-order valence-corrected chi connectivity index (χ2v) is 7.55. The molecule has 0 aromatic heterocycles. The van der Waals surface area contributed by atoms with Crippen LogP contribution < -0.4 is 5.32 Å². The van der Waals surface area contributed by atoms with Crippen LogP contribution in [0.15, 0.2) is 10.2 Å². The fourth-order valence-corrected chi connectivity index (χ4v) is 4.10. The molecule has 3 heterocycles. The molecule has 142 valence electrons. The number of likely N-dealkylation sites (tertiary alicyclic amines) is 2. The standard InChI is InChI=1S/C19H29N5O2/c1-3-5-8-19(21-22-19)9-10-20-18(26)15-12-17(25)24(13-15)14-16-7-6-11-23(16)4-2/h1,15-16H,4-14H2,2H3,(H,20,26). The minimum absolute atomic E-state index is 0.0348. The highest BCUT2D eigenvalue weighted by Gasteiger charge is 2.40. The first-order chi connectivity index (χ1) is 12.6. The van der Waals surface area contributed by atoms with E-state index in [4.69, 9.17) is 6.42 Å². The molecular formula is C19H29N5O2. The number of likely N-dealkylation sites (N-methyl/N-ethyl adjacent to an activating group) is 1. The predicted octanol–water partition coefficient (Wildman–Crippen LogP) is 1.40. The van der Waals surface area contributed by atoms with Crippen molar-refractivity contribution in [2.45, 2.75) is 57.2 Å². The maximum atomic E-state index is 12.4. The van der Waals surface area contributed by atoms with Gasteiger partial charge in [0, 0.05) is 51.4 Å². The zero-order valence-corrected chi connectivity index (χ0v) is 15.6. The number of amides is 2. The molecule has 26 heavy (non-hydrogen) atoms. The highest BCUT2D eigenvalue weighted by molar-refractivity contribution is 5.89. The lowest BCUT2D eigenvalue weighted by Gasteiger charge is -2.27. The van der Waals surface area contributed by atoms with Gasteiger partial charge in [0.15, 0.2) is 5.66 Å². The second kappa shape index (κ2) is 8.17. The molecule has 7 heteroatoms. The van der Waals surface area contributed by atoms with E-state index in [9.17, 15) is 9.59 Å². The van der Waals surface area contributed by atoms with E-state index in [1.807, 2.05) is 4.90 Å². The summed E-state index contributed by atoms with van der Waals surface area (Å²) in [5.41, 5.74) is -0.372. The smallest absolute Gasteiger partial charge is 0.225 e. The van der Waals surface area contributed by atoms with Crippen LogP contribution in [-0.4, -0.2) is 66.0 Å². The van der Waals surface area contributed by atoms with Gasteiger partial charge in [-0.05, 0) is 25.9 Å². The van der Waals surface area contributed by atoms with Crippen molar-refractivity contribution < 1.29 is 9.59 Å². The Morgan fingerprint density at radius 3 is 2.92 bits per heavy atom. The van der Waals surface area contributed by atoms with Crippen molar-refractivity contribution in [1.29, 1.82) is 0 Å². The molecule has 2 atom stereocenters. The monoisotopic (exact) mass is 359 g/mol. The lowest BCUT2D eigenvalue weighted by atomic mass is 10.0. The van der Waals surface area contributed by atoms with Crippen LogP contribution in [0.3, 0.4) is 0 Å². The Morgan fingerprint density at radius 2 is 2.23 bits per heavy atom. The third-order valence-electron chi connectivity index (χ3n) is 5.80. The molecule has 7 nitrogen and oxygen atoms in total. The molecule has 0 aliphatic carbocycles. The van der Waals surface area contributed by atoms with Gasteiger partial charge in [-0.15, -0.1) is 12.3 Å². The molecule has 3 rings (SSSR count). The zero-order chi connectivity index (χ0) is 18.6. The molecule has 3 aliphatic rings. The Balaban J connectivity index is 1.40. The van der Waals surface area contributed by atoms with Crippen LogP contribution in [0.25, 0.3) is 0 Å².